The van der Waals surface area contributed by atoms with Crippen molar-refractivity contribution in [3.8, 4) is 0 Å². The number of hydrogen-bond donors (Lipinski definition) is 1. The second kappa shape index (κ2) is 8.33. The molecule has 1 aliphatic carbocycles. The third-order valence-corrected chi connectivity index (χ3v) is 9.19. The third kappa shape index (κ3) is 5.53. The summed E-state index contributed by atoms with van der Waals surface area (Å²) < 4.78 is 4.61. The first kappa shape index (κ1) is 23.7. The van der Waals surface area contributed by atoms with Gasteiger partial charge in [0.05, 0.1) is 0 Å². The van der Waals surface area contributed by atoms with E-state index in [1.807, 2.05) is 0 Å². The smallest absolute Gasteiger partial charge is 0.0149 e. The number of allylic oxidation sites excluding steroid dienone is 1. The van der Waals surface area contributed by atoms with Crippen LogP contribution in [0.15, 0.2) is 29.8 Å². The second-order valence-electron chi connectivity index (χ2n) is 7.05. The van der Waals surface area contributed by atoms with Crippen LogP contribution in [0.1, 0.15) is 43.0 Å². The summed E-state index contributed by atoms with van der Waals surface area (Å²) in [5.74, 6) is 0. The van der Waals surface area contributed by atoms with Gasteiger partial charge in [-0.1, -0.05) is 0 Å². The van der Waals surface area contributed by atoms with Crippen LogP contribution in [0.2, 0.25) is 10.5 Å². The minimum Gasteiger partial charge on any atom is -1.00 e. The molecule has 120 valence electrons. The van der Waals surface area contributed by atoms with Crippen LogP contribution in [0.4, 0.5) is 0 Å². The molecule has 1 atom stereocenters. The molecule has 0 radical (unpaired) electrons. The van der Waals surface area contributed by atoms with Crippen molar-refractivity contribution < 1.29 is 41.7 Å². The van der Waals surface area contributed by atoms with Gasteiger partial charge in [0.1, 0.15) is 0 Å². The summed E-state index contributed by atoms with van der Waals surface area (Å²) in [5.41, 5.74) is 4.71. The summed E-state index contributed by atoms with van der Waals surface area (Å²) in [5, 5.41) is 4.99. The van der Waals surface area contributed by atoms with Gasteiger partial charge in [0.2, 0.25) is 0 Å². The third-order valence-electron chi connectivity index (χ3n) is 3.56. The number of nitrogens with one attached hydrogen (secondary N) is 1. The molecule has 0 heterocycles. The fraction of sp³-hybridized carbons (Fsp3) is 0.500. The Kier molecular flexibility index (Phi) is 9.40. The topological polar surface area (TPSA) is 12.0 Å². The molecule has 0 fully saturated rings. The van der Waals surface area contributed by atoms with Gasteiger partial charge < -0.3 is 24.8 Å². The fourth-order valence-electron chi connectivity index (χ4n) is 3.48. The summed E-state index contributed by atoms with van der Waals surface area (Å²) in [6.07, 6.45) is 2.37. The summed E-state index contributed by atoms with van der Waals surface area (Å²) in [4.78, 5) is 0. The van der Waals surface area contributed by atoms with Crippen molar-refractivity contribution in [2.45, 2.75) is 47.9 Å². The number of fused-ring (bicyclic) bond motifs is 1. The Morgan fingerprint density at radius 1 is 1.05 bits per heavy atom. The van der Waals surface area contributed by atoms with E-state index in [1.54, 1.807) is 0 Å². The molecular formula is C16H29Cl2NSiTi. The van der Waals surface area contributed by atoms with Crippen LogP contribution in [0.5, 0.6) is 0 Å². The summed E-state index contributed by atoms with van der Waals surface area (Å²) in [6, 6.07) is 8.87. The van der Waals surface area contributed by atoms with Gasteiger partial charge in [-0.3, -0.25) is 0 Å². The van der Waals surface area contributed by atoms with Crippen LogP contribution in [-0.2, 0) is 16.8 Å². The van der Waals surface area contributed by atoms with E-state index in [4.69, 9.17) is 0 Å². The van der Waals surface area contributed by atoms with Crippen molar-refractivity contribution in [1.82, 2.24) is 3.80 Å². The maximum Gasteiger partial charge on any atom is -0.0149 e. The molecule has 21 heavy (non-hydrogen) atoms. The molecule has 0 amide bonds. The van der Waals surface area contributed by atoms with E-state index in [0.29, 0.717) is 4.22 Å². The Bertz CT molecular complexity index is 495. The largest absolute Gasteiger partial charge is 1.00 e. The van der Waals surface area contributed by atoms with E-state index in [-0.39, 0.29) is 41.3 Å². The Balaban J connectivity index is 0. The number of hydrogen-bond acceptors (Lipinski definition) is 1. The number of benzene rings is 1. The molecule has 1 unspecified atom stereocenters. The molecule has 0 spiro atoms. The molecular weight excluding hydrogens is 353 g/mol. The van der Waals surface area contributed by atoms with E-state index < -0.39 is 16.8 Å². The number of halogens is 2. The molecule has 0 saturated heterocycles. The zero-order valence-electron chi connectivity index (χ0n) is 13.2. The van der Waals surface area contributed by atoms with E-state index in [2.05, 4.69) is 72.3 Å². The molecule has 5 heteroatoms. The SMILES string of the molecule is CC1=Cc2ccccc2[CH]1[Ti+2]([CH3])([CH3])[NH]C(C)(C)C.[Cl-].[Cl-].[SiH4]. The standard InChI is InChI=1S/C10H9.C4H10N.2CH3.2ClH.H4Si.Ti/c1-8-6-9-4-2-3-5-10(9)7-8;1-4(2,3)5;;;;;;/h2-7H,1H3;5H,1-3H3;2*1H3;2*1H;1H4;/q;-1;;;;;;+3/p-2. The van der Waals surface area contributed by atoms with Crippen LogP contribution in [0, 0.1) is 0 Å². The Morgan fingerprint density at radius 2 is 1.57 bits per heavy atom. The zero-order chi connectivity index (χ0) is 13.6. The molecule has 1 nitrogen and oxygen atoms in total. The first-order chi connectivity index (χ1) is 8.21. The molecule has 1 aromatic carbocycles. The average Bonchev–Trinajstić information content (AvgIpc) is 2.49. The van der Waals surface area contributed by atoms with Crippen molar-refractivity contribution in [3.63, 3.8) is 0 Å². The second-order valence-corrected chi connectivity index (χ2v) is 13.7. The molecule has 1 aliphatic rings. The van der Waals surface area contributed by atoms with Crippen molar-refractivity contribution in [3.05, 3.63) is 41.0 Å². The van der Waals surface area contributed by atoms with Gasteiger partial charge >= 0.3 is 116 Å². The van der Waals surface area contributed by atoms with Crippen molar-refractivity contribution >= 4 is 17.0 Å². The molecule has 2 rings (SSSR count). The molecule has 0 saturated carbocycles. The predicted octanol–water partition coefficient (Wildman–Crippen LogP) is -2.75. The molecule has 1 aromatic rings. The normalized spacial score (nSPS) is 16.1. The van der Waals surface area contributed by atoms with Gasteiger partial charge in [-0.2, -0.15) is 0 Å². The van der Waals surface area contributed by atoms with E-state index >= 15 is 0 Å². The maximum absolute atomic E-state index is 3.96. The van der Waals surface area contributed by atoms with Crippen LogP contribution in [0.3, 0.4) is 0 Å². The van der Waals surface area contributed by atoms with Gasteiger partial charge in [-0.25, -0.2) is 0 Å². The van der Waals surface area contributed by atoms with E-state index in [0.717, 1.165) is 0 Å². The first-order valence-corrected chi connectivity index (χ1v) is 11.6. The van der Waals surface area contributed by atoms with E-state index in [9.17, 15) is 0 Å². The maximum atomic E-state index is 3.96. The molecule has 0 aliphatic heterocycles. The van der Waals surface area contributed by atoms with Crippen molar-refractivity contribution in [1.29, 1.82) is 0 Å². The number of rotatable bonds is 2. The van der Waals surface area contributed by atoms with Gasteiger partial charge in [0.15, 0.2) is 0 Å². The fourth-order valence-corrected chi connectivity index (χ4v) is 10.3. The predicted molar refractivity (Wildman–Crippen MR) is 88.8 cm³/mol. The monoisotopic (exact) mass is 381 g/mol. The average molecular weight is 382 g/mol. The first-order valence-electron chi connectivity index (χ1n) is 6.77. The minimum atomic E-state index is -2.10. The summed E-state index contributed by atoms with van der Waals surface area (Å²) in [7, 11) is 0. The quantitative estimate of drug-likeness (QED) is 0.548. The van der Waals surface area contributed by atoms with Crippen LogP contribution in [-0.4, -0.2) is 16.5 Å². The van der Waals surface area contributed by atoms with Gasteiger partial charge in [0, 0.05) is 0 Å². The minimum absolute atomic E-state index is 0. The molecule has 1 N–H and O–H groups in total. The van der Waals surface area contributed by atoms with E-state index in [1.165, 1.54) is 16.7 Å². The van der Waals surface area contributed by atoms with Crippen molar-refractivity contribution in [2.75, 3.05) is 0 Å². The van der Waals surface area contributed by atoms with Gasteiger partial charge in [-0.05, 0) is 11.0 Å². The zero-order valence-corrected chi connectivity index (χ0v) is 16.3. The Labute approximate surface area is 150 Å². The molecule has 0 bridgehead atoms. The Hall–Kier alpha value is 0.431. The van der Waals surface area contributed by atoms with Crippen LogP contribution in [0.25, 0.3) is 6.08 Å². The van der Waals surface area contributed by atoms with Gasteiger partial charge in [0.25, 0.3) is 0 Å². The summed E-state index contributed by atoms with van der Waals surface area (Å²) in [6.45, 7) is 9.13. The van der Waals surface area contributed by atoms with Gasteiger partial charge in [-0.15, -0.1) is 0 Å². The van der Waals surface area contributed by atoms with Crippen LogP contribution >= 0.6 is 0 Å². The van der Waals surface area contributed by atoms with Crippen LogP contribution < -0.4 is 28.6 Å². The Morgan fingerprint density at radius 3 is 2.10 bits per heavy atom. The van der Waals surface area contributed by atoms with Crippen molar-refractivity contribution in [2.24, 2.45) is 0 Å². The summed E-state index contributed by atoms with van der Waals surface area (Å²) >= 11 is -2.10. The molecule has 0 aromatic heterocycles.